The van der Waals surface area contributed by atoms with Crippen molar-refractivity contribution in [1.82, 2.24) is 5.32 Å². The van der Waals surface area contributed by atoms with E-state index in [9.17, 15) is 19.5 Å². The Morgan fingerprint density at radius 3 is 2.26 bits per heavy atom. The number of hydrogen-bond donors (Lipinski definition) is 3. The summed E-state index contributed by atoms with van der Waals surface area (Å²) in [5.41, 5.74) is 5.67. The number of carbonyl (C=O) groups is 3. The molecule has 1 aliphatic carbocycles. The molecule has 35 heavy (non-hydrogen) atoms. The Balaban J connectivity index is 1.36. The van der Waals surface area contributed by atoms with Crippen LogP contribution in [0.4, 0.5) is 10.5 Å². The van der Waals surface area contributed by atoms with E-state index in [-0.39, 0.29) is 25.4 Å². The summed E-state index contributed by atoms with van der Waals surface area (Å²) >= 11 is 0. The van der Waals surface area contributed by atoms with Gasteiger partial charge in [-0.05, 0) is 46.4 Å². The minimum atomic E-state index is -1.12. The predicted octanol–water partition coefficient (Wildman–Crippen LogP) is 4.74. The van der Waals surface area contributed by atoms with Crippen molar-refractivity contribution in [3.63, 3.8) is 0 Å². The lowest BCUT2D eigenvalue weighted by atomic mass is 9.98. The van der Waals surface area contributed by atoms with Crippen molar-refractivity contribution in [1.29, 1.82) is 0 Å². The summed E-state index contributed by atoms with van der Waals surface area (Å²) in [4.78, 5) is 36.0. The van der Waals surface area contributed by atoms with Crippen LogP contribution in [0.2, 0.25) is 0 Å². The molecule has 1 atom stereocenters. The highest BCUT2D eigenvalue weighted by Crippen LogP contribution is 2.44. The molecule has 2 amide bonds. The lowest BCUT2D eigenvalue weighted by Gasteiger charge is -2.15. The Morgan fingerprint density at radius 1 is 0.971 bits per heavy atom. The molecule has 0 saturated heterocycles. The van der Waals surface area contributed by atoms with Crippen LogP contribution in [-0.2, 0) is 20.7 Å². The zero-order valence-corrected chi connectivity index (χ0v) is 19.1. The van der Waals surface area contributed by atoms with E-state index in [4.69, 9.17) is 4.74 Å². The molecular formula is C28H26N2O5. The number of carboxylic acids is 1. The molecule has 1 aliphatic rings. The van der Waals surface area contributed by atoms with Gasteiger partial charge in [0.05, 0.1) is 6.42 Å². The maximum absolute atomic E-state index is 12.5. The Labute approximate surface area is 203 Å². The molecule has 7 nitrogen and oxygen atoms in total. The Kier molecular flexibility index (Phi) is 7.26. The minimum absolute atomic E-state index is 0.0267. The highest BCUT2D eigenvalue weighted by Gasteiger charge is 2.29. The molecule has 0 spiro atoms. The number of amides is 2. The van der Waals surface area contributed by atoms with E-state index in [2.05, 4.69) is 41.5 Å². The highest BCUT2D eigenvalue weighted by molar-refractivity contribution is 5.87. The standard InChI is InChI=1S/C28H26N2O5/c1-2-8-25(27(32)33)30-26(31)16-18-9-7-10-19(15-18)29-28(34)35-17-24-22-13-5-3-11-20(22)21-12-4-6-14-23(21)24/h2-7,9-15,24-25H,1,8,16-17H2,(H,29,34)(H,30,31)(H,32,33). The van der Waals surface area contributed by atoms with Crippen LogP contribution in [0.15, 0.2) is 85.5 Å². The molecule has 3 aromatic rings. The second kappa shape index (κ2) is 10.7. The number of carbonyl (C=O) groups excluding carboxylic acids is 2. The Morgan fingerprint density at radius 2 is 1.63 bits per heavy atom. The first kappa shape index (κ1) is 23.8. The fourth-order valence-electron chi connectivity index (χ4n) is 4.33. The van der Waals surface area contributed by atoms with Crippen molar-refractivity contribution in [2.75, 3.05) is 11.9 Å². The minimum Gasteiger partial charge on any atom is -0.480 e. The van der Waals surface area contributed by atoms with Crippen LogP contribution in [-0.4, -0.2) is 35.7 Å². The van der Waals surface area contributed by atoms with E-state index in [1.807, 2.05) is 24.3 Å². The number of carboxylic acid groups (broad SMARTS) is 1. The van der Waals surface area contributed by atoms with Crippen LogP contribution >= 0.6 is 0 Å². The first-order valence-corrected chi connectivity index (χ1v) is 11.3. The van der Waals surface area contributed by atoms with Gasteiger partial charge in [-0.15, -0.1) is 6.58 Å². The van der Waals surface area contributed by atoms with Crippen LogP contribution in [0.1, 0.15) is 29.0 Å². The van der Waals surface area contributed by atoms with Gasteiger partial charge in [0, 0.05) is 11.6 Å². The fourth-order valence-corrected chi connectivity index (χ4v) is 4.33. The SMILES string of the molecule is C=CCC(NC(=O)Cc1cccc(NC(=O)OCC2c3ccccc3-c3ccccc32)c1)C(=O)O. The van der Waals surface area contributed by atoms with Gasteiger partial charge in [0.15, 0.2) is 0 Å². The highest BCUT2D eigenvalue weighted by atomic mass is 16.5. The molecule has 3 aromatic carbocycles. The van der Waals surface area contributed by atoms with Gasteiger partial charge >= 0.3 is 12.1 Å². The number of rotatable bonds is 9. The average molecular weight is 471 g/mol. The molecule has 1 unspecified atom stereocenters. The summed E-state index contributed by atoms with van der Waals surface area (Å²) in [6.45, 7) is 3.71. The smallest absolute Gasteiger partial charge is 0.411 e. The molecule has 0 saturated carbocycles. The molecule has 4 rings (SSSR count). The predicted molar refractivity (Wildman–Crippen MR) is 133 cm³/mol. The third-order valence-electron chi connectivity index (χ3n) is 5.92. The third-order valence-corrected chi connectivity index (χ3v) is 5.92. The first-order chi connectivity index (χ1) is 17.0. The normalized spacial score (nSPS) is 12.7. The van der Waals surface area contributed by atoms with Gasteiger partial charge in [-0.25, -0.2) is 9.59 Å². The molecule has 0 bridgehead atoms. The van der Waals surface area contributed by atoms with Crippen LogP contribution < -0.4 is 10.6 Å². The van der Waals surface area contributed by atoms with Crippen molar-refractivity contribution in [3.8, 4) is 11.1 Å². The lowest BCUT2D eigenvalue weighted by Crippen LogP contribution is -2.41. The van der Waals surface area contributed by atoms with Gasteiger partial charge in [-0.3, -0.25) is 10.1 Å². The Hall–Kier alpha value is -4.39. The summed E-state index contributed by atoms with van der Waals surface area (Å²) < 4.78 is 5.57. The van der Waals surface area contributed by atoms with E-state index in [1.54, 1.807) is 24.3 Å². The van der Waals surface area contributed by atoms with Crippen LogP contribution in [0.25, 0.3) is 11.1 Å². The van der Waals surface area contributed by atoms with Crippen LogP contribution in [0.5, 0.6) is 0 Å². The van der Waals surface area contributed by atoms with Crippen LogP contribution in [0, 0.1) is 0 Å². The van der Waals surface area contributed by atoms with Crippen molar-refractivity contribution >= 4 is 23.7 Å². The van der Waals surface area contributed by atoms with Gasteiger partial charge in [0.2, 0.25) is 5.91 Å². The monoisotopic (exact) mass is 470 g/mol. The summed E-state index contributed by atoms with van der Waals surface area (Å²) in [7, 11) is 0. The molecule has 3 N–H and O–H groups in total. The van der Waals surface area contributed by atoms with Crippen molar-refractivity contribution in [2.45, 2.75) is 24.8 Å². The van der Waals surface area contributed by atoms with Gasteiger partial charge in [0.25, 0.3) is 0 Å². The zero-order valence-electron chi connectivity index (χ0n) is 19.1. The Bertz CT molecular complexity index is 1220. The molecule has 0 radical (unpaired) electrons. The second-order valence-electron chi connectivity index (χ2n) is 8.31. The summed E-state index contributed by atoms with van der Waals surface area (Å²) in [6.07, 6.45) is 0.953. The van der Waals surface area contributed by atoms with Crippen molar-refractivity contribution in [2.24, 2.45) is 0 Å². The van der Waals surface area contributed by atoms with Gasteiger partial charge < -0.3 is 15.2 Å². The van der Waals surface area contributed by atoms with Gasteiger partial charge in [0.1, 0.15) is 12.6 Å². The molecule has 178 valence electrons. The zero-order chi connectivity index (χ0) is 24.8. The molecule has 0 heterocycles. The second-order valence-corrected chi connectivity index (χ2v) is 8.31. The average Bonchev–Trinajstić information content (AvgIpc) is 3.16. The van der Waals surface area contributed by atoms with E-state index in [0.29, 0.717) is 11.3 Å². The van der Waals surface area contributed by atoms with E-state index >= 15 is 0 Å². The molecule has 0 aliphatic heterocycles. The molecule has 7 heteroatoms. The van der Waals surface area contributed by atoms with E-state index < -0.39 is 24.0 Å². The number of nitrogens with one attached hydrogen (secondary N) is 2. The van der Waals surface area contributed by atoms with Gasteiger partial charge in [-0.1, -0.05) is 66.7 Å². The molecular weight excluding hydrogens is 444 g/mol. The quantitative estimate of drug-likeness (QED) is 0.392. The van der Waals surface area contributed by atoms with Crippen LogP contribution in [0.3, 0.4) is 0 Å². The number of aliphatic carboxylic acids is 1. The number of benzene rings is 3. The fraction of sp³-hybridized carbons (Fsp3) is 0.179. The van der Waals surface area contributed by atoms with E-state index in [1.165, 1.54) is 6.08 Å². The third kappa shape index (κ3) is 5.58. The van der Waals surface area contributed by atoms with Crippen molar-refractivity contribution in [3.05, 3.63) is 102 Å². The number of hydrogen-bond acceptors (Lipinski definition) is 4. The summed E-state index contributed by atoms with van der Waals surface area (Å²) in [5, 5.41) is 14.4. The molecule has 0 fully saturated rings. The maximum atomic E-state index is 12.5. The largest absolute Gasteiger partial charge is 0.480 e. The summed E-state index contributed by atoms with van der Waals surface area (Å²) in [5.74, 6) is -1.60. The topological polar surface area (TPSA) is 105 Å². The maximum Gasteiger partial charge on any atom is 0.411 e. The van der Waals surface area contributed by atoms with E-state index in [0.717, 1.165) is 22.3 Å². The number of fused-ring (bicyclic) bond motifs is 3. The molecule has 0 aromatic heterocycles. The number of anilines is 1. The van der Waals surface area contributed by atoms with Crippen molar-refractivity contribution < 1.29 is 24.2 Å². The first-order valence-electron chi connectivity index (χ1n) is 11.3. The lowest BCUT2D eigenvalue weighted by molar-refractivity contribution is -0.141. The number of ether oxygens (including phenoxy) is 1. The summed E-state index contributed by atoms with van der Waals surface area (Å²) in [6, 6.07) is 22.0. The van der Waals surface area contributed by atoms with Gasteiger partial charge in [-0.2, -0.15) is 0 Å².